The van der Waals surface area contributed by atoms with Gasteiger partial charge in [-0.3, -0.25) is 4.79 Å². The van der Waals surface area contributed by atoms with Crippen LogP contribution in [-0.2, 0) is 21.1 Å². The number of ether oxygens (including phenoxy) is 1. The molecule has 0 aliphatic carbocycles. The zero-order chi connectivity index (χ0) is 18.6. The fraction of sp³-hybridized carbons (Fsp3) is 0.316. The quantitative estimate of drug-likeness (QED) is 0.859. The molecule has 0 aliphatic heterocycles. The van der Waals surface area contributed by atoms with Crippen LogP contribution in [0.15, 0.2) is 47.4 Å². The van der Waals surface area contributed by atoms with E-state index in [9.17, 15) is 13.2 Å². The van der Waals surface area contributed by atoms with Crippen LogP contribution in [0.1, 0.15) is 29.7 Å². The number of amides is 1. The molecule has 134 valence electrons. The van der Waals surface area contributed by atoms with Gasteiger partial charge in [-0.05, 0) is 48.7 Å². The third-order valence-corrected chi connectivity index (χ3v) is 5.15. The number of sulfone groups is 1. The van der Waals surface area contributed by atoms with Crippen molar-refractivity contribution in [1.82, 2.24) is 5.32 Å². The van der Waals surface area contributed by atoms with Crippen LogP contribution in [0.5, 0.6) is 5.75 Å². The number of rotatable bonds is 6. The Morgan fingerprint density at radius 1 is 1.16 bits per heavy atom. The minimum absolute atomic E-state index is 0.106. The molecule has 0 fully saturated rings. The summed E-state index contributed by atoms with van der Waals surface area (Å²) < 4.78 is 28.3. The van der Waals surface area contributed by atoms with Gasteiger partial charge in [-0.1, -0.05) is 24.3 Å². The number of methoxy groups -OCH3 is 1. The van der Waals surface area contributed by atoms with Crippen molar-refractivity contribution >= 4 is 15.7 Å². The van der Waals surface area contributed by atoms with Gasteiger partial charge in [0.1, 0.15) is 5.75 Å². The van der Waals surface area contributed by atoms with E-state index >= 15 is 0 Å². The Kier molecular flexibility index (Phi) is 5.85. The predicted octanol–water partition coefficient (Wildman–Crippen LogP) is 2.83. The number of hydrogen-bond donors (Lipinski definition) is 1. The highest BCUT2D eigenvalue weighted by atomic mass is 32.2. The fourth-order valence-corrected chi connectivity index (χ4v) is 3.17. The third-order valence-electron chi connectivity index (χ3n) is 4.02. The molecule has 1 atom stereocenters. The maximum atomic E-state index is 12.3. The van der Waals surface area contributed by atoms with Gasteiger partial charge in [0.15, 0.2) is 9.84 Å². The van der Waals surface area contributed by atoms with Crippen LogP contribution < -0.4 is 10.1 Å². The van der Waals surface area contributed by atoms with Crippen LogP contribution in [0.4, 0.5) is 0 Å². The standard InChI is InChI=1S/C19H23NO4S/c1-13-5-6-15(11-18(13)24-3)12-19(21)20-14(2)16-7-9-17(10-8-16)25(4,22)23/h5-11,14H,12H2,1-4H3,(H,20,21). The van der Waals surface area contributed by atoms with E-state index in [1.165, 1.54) is 6.26 Å². The molecule has 2 aromatic rings. The summed E-state index contributed by atoms with van der Waals surface area (Å²) in [5, 5.41) is 2.93. The first-order chi connectivity index (χ1) is 11.7. The molecule has 0 aromatic heterocycles. The molecule has 0 spiro atoms. The molecule has 0 saturated carbocycles. The molecule has 0 heterocycles. The van der Waals surface area contributed by atoms with E-state index in [2.05, 4.69) is 5.32 Å². The van der Waals surface area contributed by atoms with Gasteiger partial charge in [-0.2, -0.15) is 0 Å². The third kappa shape index (κ3) is 5.06. The van der Waals surface area contributed by atoms with Crippen LogP contribution in [0.25, 0.3) is 0 Å². The molecule has 1 unspecified atom stereocenters. The normalized spacial score (nSPS) is 12.5. The van der Waals surface area contributed by atoms with E-state index in [4.69, 9.17) is 4.74 Å². The molecule has 0 aliphatic rings. The number of benzene rings is 2. The molecule has 0 saturated heterocycles. The lowest BCUT2D eigenvalue weighted by Gasteiger charge is -2.15. The summed E-state index contributed by atoms with van der Waals surface area (Å²) in [5.74, 6) is 0.653. The summed E-state index contributed by atoms with van der Waals surface area (Å²) in [7, 11) is -1.61. The molecule has 25 heavy (non-hydrogen) atoms. The molecule has 1 amide bonds. The van der Waals surface area contributed by atoms with Crippen molar-refractivity contribution in [2.75, 3.05) is 13.4 Å². The van der Waals surface area contributed by atoms with Crippen molar-refractivity contribution in [1.29, 1.82) is 0 Å². The van der Waals surface area contributed by atoms with Gasteiger partial charge >= 0.3 is 0 Å². The first-order valence-corrected chi connectivity index (χ1v) is 9.82. The molecule has 5 nitrogen and oxygen atoms in total. The van der Waals surface area contributed by atoms with E-state index < -0.39 is 9.84 Å². The number of carbonyl (C=O) groups is 1. The zero-order valence-corrected chi connectivity index (χ0v) is 15.7. The molecule has 6 heteroatoms. The van der Waals surface area contributed by atoms with Gasteiger partial charge in [-0.25, -0.2) is 8.42 Å². The lowest BCUT2D eigenvalue weighted by molar-refractivity contribution is -0.121. The van der Waals surface area contributed by atoms with Gasteiger partial charge in [0.05, 0.1) is 24.5 Å². The summed E-state index contributed by atoms with van der Waals surface area (Å²) in [5.41, 5.74) is 2.74. The Bertz CT molecular complexity index is 857. The Hall–Kier alpha value is -2.34. The maximum absolute atomic E-state index is 12.3. The van der Waals surface area contributed by atoms with Crippen molar-refractivity contribution in [3.05, 3.63) is 59.2 Å². The predicted molar refractivity (Wildman–Crippen MR) is 97.5 cm³/mol. The highest BCUT2D eigenvalue weighted by Gasteiger charge is 2.13. The summed E-state index contributed by atoms with van der Waals surface area (Å²) in [6.07, 6.45) is 1.42. The van der Waals surface area contributed by atoms with E-state index in [1.807, 2.05) is 32.0 Å². The van der Waals surface area contributed by atoms with Gasteiger partial charge < -0.3 is 10.1 Å². The second-order valence-corrected chi connectivity index (χ2v) is 8.13. The lowest BCUT2D eigenvalue weighted by Crippen LogP contribution is -2.28. The first kappa shape index (κ1) is 19.0. The van der Waals surface area contributed by atoms with Crippen LogP contribution in [0.3, 0.4) is 0 Å². The van der Waals surface area contributed by atoms with Crippen molar-refractivity contribution in [3.63, 3.8) is 0 Å². The van der Waals surface area contributed by atoms with E-state index in [0.717, 1.165) is 22.4 Å². The van der Waals surface area contributed by atoms with Crippen LogP contribution in [0, 0.1) is 6.92 Å². The van der Waals surface area contributed by atoms with Crippen molar-refractivity contribution in [2.45, 2.75) is 31.2 Å². The Morgan fingerprint density at radius 3 is 2.36 bits per heavy atom. The molecule has 2 rings (SSSR count). The molecule has 0 radical (unpaired) electrons. The highest BCUT2D eigenvalue weighted by molar-refractivity contribution is 7.90. The smallest absolute Gasteiger partial charge is 0.224 e. The van der Waals surface area contributed by atoms with Crippen molar-refractivity contribution < 1.29 is 17.9 Å². The van der Waals surface area contributed by atoms with Crippen LogP contribution in [0.2, 0.25) is 0 Å². The monoisotopic (exact) mass is 361 g/mol. The molecule has 1 N–H and O–H groups in total. The summed E-state index contributed by atoms with van der Waals surface area (Å²) in [6, 6.07) is 12.0. The Morgan fingerprint density at radius 2 is 1.80 bits per heavy atom. The summed E-state index contributed by atoms with van der Waals surface area (Å²) in [6.45, 7) is 3.81. The van der Waals surface area contributed by atoms with Crippen molar-refractivity contribution in [3.8, 4) is 5.75 Å². The van der Waals surface area contributed by atoms with Crippen LogP contribution >= 0.6 is 0 Å². The van der Waals surface area contributed by atoms with Crippen LogP contribution in [-0.4, -0.2) is 27.7 Å². The van der Waals surface area contributed by atoms with E-state index in [1.54, 1.807) is 31.4 Å². The first-order valence-electron chi connectivity index (χ1n) is 7.93. The van der Waals surface area contributed by atoms with E-state index in [-0.39, 0.29) is 23.3 Å². The zero-order valence-electron chi connectivity index (χ0n) is 14.9. The second kappa shape index (κ2) is 7.70. The minimum Gasteiger partial charge on any atom is -0.496 e. The second-order valence-electron chi connectivity index (χ2n) is 6.11. The number of aryl methyl sites for hydroxylation is 1. The minimum atomic E-state index is -3.22. The number of carbonyl (C=O) groups excluding carboxylic acids is 1. The van der Waals surface area contributed by atoms with Gasteiger partial charge in [0.25, 0.3) is 0 Å². The van der Waals surface area contributed by atoms with Gasteiger partial charge in [-0.15, -0.1) is 0 Å². The van der Waals surface area contributed by atoms with Crippen molar-refractivity contribution in [2.24, 2.45) is 0 Å². The average molecular weight is 361 g/mol. The molecule has 0 bridgehead atoms. The number of hydrogen-bond acceptors (Lipinski definition) is 4. The summed E-state index contributed by atoms with van der Waals surface area (Å²) >= 11 is 0. The maximum Gasteiger partial charge on any atom is 0.224 e. The Labute approximate surface area is 148 Å². The average Bonchev–Trinajstić information content (AvgIpc) is 2.55. The molecule has 2 aromatic carbocycles. The van der Waals surface area contributed by atoms with E-state index in [0.29, 0.717) is 0 Å². The number of nitrogens with one attached hydrogen (secondary N) is 1. The van der Waals surface area contributed by atoms with Gasteiger partial charge in [0, 0.05) is 6.26 Å². The van der Waals surface area contributed by atoms with Gasteiger partial charge in [0.2, 0.25) is 5.91 Å². The summed E-state index contributed by atoms with van der Waals surface area (Å²) in [4.78, 5) is 12.5. The highest BCUT2D eigenvalue weighted by Crippen LogP contribution is 2.20. The SMILES string of the molecule is COc1cc(CC(=O)NC(C)c2ccc(S(C)(=O)=O)cc2)ccc1C. The topological polar surface area (TPSA) is 72.5 Å². The Balaban J connectivity index is 2.02. The molecular formula is C19H23NO4S. The molecular weight excluding hydrogens is 338 g/mol. The largest absolute Gasteiger partial charge is 0.496 e. The fourth-order valence-electron chi connectivity index (χ4n) is 2.54. The lowest BCUT2D eigenvalue weighted by atomic mass is 10.1.